The zero-order chi connectivity index (χ0) is 18.9. The molecule has 3 rings (SSSR count). The summed E-state index contributed by atoms with van der Waals surface area (Å²) >= 11 is 0. The van der Waals surface area contributed by atoms with Gasteiger partial charge < -0.3 is 9.80 Å². The molecule has 26 heavy (non-hydrogen) atoms. The van der Waals surface area contributed by atoms with Crippen LogP contribution in [-0.4, -0.2) is 31.1 Å². The highest BCUT2D eigenvalue weighted by Crippen LogP contribution is 2.39. The number of nitrogens with zero attached hydrogens (tertiary/aromatic N) is 3. The van der Waals surface area contributed by atoms with Crippen molar-refractivity contribution in [1.82, 2.24) is 0 Å². The number of benzene rings is 2. The molecule has 0 aliphatic carbocycles. The minimum atomic E-state index is -4.69. The third kappa shape index (κ3) is 3.71. The molecule has 0 aromatic heterocycles. The number of nitro groups is 1. The average Bonchev–Trinajstić information content (AvgIpc) is 2.61. The van der Waals surface area contributed by atoms with Crippen LogP contribution in [-0.2, 0) is 6.18 Å². The standard InChI is InChI=1S/C17H15F4N3O2/c18-12-1-3-13(4-2-12)22-7-9-23(10-8-22)16-6-5-14(24(25)26)11-15(16)17(19,20)21/h1-6,11H,7-10H2. The molecule has 0 unspecified atom stereocenters. The van der Waals surface area contributed by atoms with E-state index in [1.165, 1.54) is 12.1 Å². The first kappa shape index (κ1) is 18.0. The van der Waals surface area contributed by atoms with Crippen molar-refractivity contribution in [3.63, 3.8) is 0 Å². The third-order valence-corrected chi connectivity index (χ3v) is 4.31. The lowest BCUT2D eigenvalue weighted by Gasteiger charge is -2.38. The Labute approximate surface area is 146 Å². The minimum absolute atomic E-state index is 0.0677. The fraction of sp³-hybridized carbons (Fsp3) is 0.294. The molecule has 0 saturated carbocycles. The minimum Gasteiger partial charge on any atom is -0.368 e. The Bertz CT molecular complexity index is 801. The number of piperazine rings is 1. The van der Waals surface area contributed by atoms with Gasteiger partial charge in [0, 0.05) is 49.7 Å². The lowest BCUT2D eigenvalue weighted by Crippen LogP contribution is -2.47. The summed E-state index contributed by atoms with van der Waals surface area (Å²) in [5.41, 5.74) is -0.874. The van der Waals surface area contributed by atoms with Gasteiger partial charge in [0.05, 0.1) is 10.5 Å². The Morgan fingerprint density at radius 1 is 0.923 bits per heavy atom. The van der Waals surface area contributed by atoms with Gasteiger partial charge in [0.15, 0.2) is 0 Å². The van der Waals surface area contributed by atoms with Crippen molar-refractivity contribution in [3.8, 4) is 0 Å². The topological polar surface area (TPSA) is 49.6 Å². The van der Waals surface area contributed by atoms with Crippen molar-refractivity contribution >= 4 is 17.1 Å². The first-order valence-electron chi connectivity index (χ1n) is 7.87. The van der Waals surface area contributed by atoms with Gasteiger partial charge in [-0.1, -0.05) is 0 Å². The van der Waals surface area contributed by atoms with Crippen LogP contribution in [0.2, 0.25) is 0 Å². The third-order valence-electron chi connectivity index (χ3n) is 4.31. The highest BCUT2D eigenvalue weighted by atomic mass is 19.4. The average molecular weight is 369 g/mol. The maximum atomic E-state index is 13.3. The molecule has 0 spiro atoms. The first-order valence-corrected chi connectivity index (χ1v) is 7.87. The summed E-state index contributed by atoms with van der Waals surface area (Å²) in [7, 11) is 0. The summed E-state index contributed by atoms with van der Waals surface area (Å²) in [5.74, 6) is -0.354. The van der Waals surface area contributed by atoms with E-state index in [1.807, 2.05) is 4.90 Å². The largest absolute Gasteiger partial charge is 0.418 e. The Balaban J connectivity index is 1.80. The summed E-state index contributed by atoms with van der Waals surface area (Å²) in [6, 6.07) is 8.71. The summed E-state index contributed by atoms with van der Waals surface area (Å²) < 4.78 is 53.0. The van der Waals surface area contributed by atoms with E-state index in [1.54, 1.807) is 17.0 Å². The van der Waals surface area contributed by atoms with Gasteiger partial charge in [-0.3, -0.25) is 10.1 Å². The maximum Gasteiger partial charge on any atom is 0.418 e. The molecule has 0 atom stereocenters. The van der Waals surface area contributed by atoms with Crippen LogP contribution in [0.3, 0.4) is 0 Å². The van der Waals surface area contributed by atoms with E-state index in [4.69, 9.17) is 0 Å². The van der Waals surface area contributed by atoms with Gasteiger partial charge in [-0.2, -0.15) is 13.2 Å². The van der Waals surface area contributed by atoms with Crippen LogP contribution in [0.4, 0.5) is 34.6 Å². The van der Waals surface area contributed by atoms with Crippen molar-refractivity contribution in [2.24, 2.45) is 0 Å². The van der Waals surface area contributed by atoms with E-state index in [9.17, 15) is 27.7 Å². The van der Waals surface area contributed by atoms with Crippen LogP contribution in [0.25, 0.3) is 0 Å². The Morgan fingerprint density at radius 3 is 2.04 bits per heavy atom. The lowest BCUT2D eigenvalue weighted by atomic mass is 10.1. The van der Waals surface area contributed by atoms with Crippen LogP contribution < -0.4 is 9.80 Å². The van der Waals surface area contributed by atoms with Gasteiger partial charge in [-0.15, -0.1) is 0 Å². The zero-order valence-electron chi connectivity index (χ0n) is 13.5. The molecule has 0 bridgehead atoms. The second-order valence-corrected chi connectivity index (χ2v) is 5.91. The number of anilines is 2. The molecule has 2 aromatic rings. The number of halogens is 4. The zero-order valence-corrected chi connectivity index (χ0v) is 13.5. The van der Waals surface area contributed by atoms with Crippen molar-refractivity contribution in [2.75, 3.05) is 36.0 Å². The molecule has 0 amide bonds. The summed E-state index contributed by atoms with van der Waals surface area (Å²) in [6.07, 6.45) is -4.69. The van der Waals surface area contributed by atoms with Gasteiger partial charge in [0.1, 0.15) is 5.82 Å². The Kier molecular flexibility index (Phi) is 4.71. The molecule has 1 saturated heterocycles. The Morgan fingerprint density at radius 2 is 1.50 bits per heavy atom. The fourth-order valence-corrected chi connectivity index (χ4v) is 3.00. The molecule has 138 valence electrons. The number of rotatable bonds is 3. The fourth-order valence-electron chi connectivity index (χ4n) is 3.00. The van der Waals surface area contributed by atoms with E-state index in [0.29, 0.717) is 32.2 Å². The highest BCUT2D eigenvalue weighted by molar-refractivity contribution is 5.60. The molecule has 1 aliphatic rings. The van der Waals surface area contributed by atoms with Gasteiger partial charge >= 0.3 is 6.18 Å². The van der Waals surface area contributed by atoms with E-state index >= 15 is 0 Å². The normalized spacial score (nSPS) is 15.2. The SMILES string of the molecule is O=[N+]([O-])c1ccc(N2CCN(c3ccc(F)cc3)CC2)c(C(F)(F)F)c1. The van der Waals surface area contributed by atoms with Crippen LogP contribution in [0, 0.1) is 15.9 Å². The molecule has 9 heteroatoms. The Hall–Kier alpha value is -2.84. The molecule has 1 heterocycles. The molecular weight excluding hydrogens is 354 g/mol. The van der Waals surface area contributed by atoms with Gasteiger partial charge in [0.25, 0.3) is 5.69 Å². The van der Waals surface area contributed by atoms with E-state index in [0.717, 1.165) is 17.8 Å². The van der Waals surface area contributed by atoms with Gasteiger partial charge in [-0.25, -0.2) is 4.39 Å². The second-order valence-electron chi connectivity index (χ2n) is 5.91. The molecule has 0 N–H and O–H groups in total. The number of hydrogen-bond acceptors (Lipinski definition) is 4. The monoisotopic (exact) mass is 369 g/mol. The van der Waals surface area contributed by atoms with Crippen molar-refractivity contribution in [2.45, 2.75) is 6.18 Å². The number of non-ortho nitro benzene ring substituents is 1. The smallest absolute Gasteiger partial charge is 0.368 e. The predicted molar refractivity (Wildman–Crippen MR) is 88.9 cm³/mol. The van der Waals surface area contributed by atoms with Gasteiger partial charge in [0.2, 0.25) is 0 Å². The number of alkyl halides is 3. The lowest BCUT2D eigenvalue weighted by molar-refractivity contribution is -0.385. The highest BCUT2D eigenvalue weighted by Gasteiger charge is 2.37. The molecule has 5 nitrogen and oxygen atoms in total. The summed E-state index contributed by atoms with van der Waals surface area (Å²) in [4.78, 5) is 13.5. The summed E-state index contributed by atoms with van der Waals surface area (Å²) in [6.45, 7) is 1.55. The van der Waals surface area contributed by atoms with Gasteiger partial charge in [-0.05, 0) is 30.3 Å². The van der Waals surface area contributed by atoms with Crippen molar-refractivity contribution in [1.29, 1.82) is 0 Å². The van der Waals surface area contributed by atoms with Crippen LogP contribution in [0.1, 0.15) is 5.56 Å². The quantitative estimate of drug-likeness (QED) is 0.465. The molecular formula is C17H15F4N3O2. The molecule has 0 radical (unpaired) electrons. The van der Waals surface area contributed by atoms with Crippen LogP contribution in [0.5, 0.6) is 0 Å². The first-order chi connectivity index (χ1) is 12.3. The van der Waals surface area contributed by atoms with E-state index < -0.39 is 22.4 Å². The van der Waals surface area contributed by atoms with Crippen LogP contribution in [0.15, 0.2) is 42.5 Å². The maximum absolute atomic E-state index is 13.3. The van der Waals surface area contributed by atoms with E-state index in [2.05, 4.69) is 0 Å². The van der Waals surface area contributed by atoms with Crippen molar-refractivity contribution in [3.05, 3.63) is 64.0 Å². The number of nitro benzene ring substituents is 1. The number of hydrogen-bond donors (Lipinski definition) is 0. The second kappa shape index (κ2) is 6.81. The molecule has 1 aliphatic heterocycles. The molecule has 2 aromatic carbocycles. The van der Waals surface area contributed by atoms with E-state index in [-0.39, 0.29) is 11.5 Å². The van der Waals surface area contributed by atoms with Crippen molar-refractivity contribution < 1.29 is 22.5 Å². The molecule has 1 fully saturated rings. The summed E-state index contributed by atoms with van der Waals surface area (Å²) in [5, 5.41) is 10.8. The van der Waals surface area contributed by atoms with Crippen LogP contribution >= 0.6 is 0 Å². The predicted octanol–water partition coefficient (Wildman–Crippen LogP) is 4.08.